The van der Waals surface area contributed by atoms with Gasteiger partial charge in [0, 0.05) is 10.4 Å². The van der Waals surface area contributed by atoms with Gasteiger partial charge < -0.3 is 0 Å². The Morgan fingerprint density at radius 1 is 1.11 bits per heavy atom. The predicted octanol–water partition coefficient (Wildman–Crippen LogP) is 4.93. The van der Waals surface area contributed by atoms with Gasteiger partial charge in [0.05, 0.1) is 9.90 Å². The molecule has 0 fully saturated rings. The van der Waals surface area contributed by atoms with Gasteiger partial charge in [0.2, 0.25) is 5.78 Å². The van der Waals surface area contributed by atoms with Crippen LogP contribution in [0.5, 0.6) is 0 Å². The lowest BCUT2D eigenvalue weighted by Gasteiger charge is -2.15. The molecule has 0 saturated carbocycles. The summed E-state index contributed by atoms with van der Waals surface area (Å²) in [6.07, 6.45) is 0. The van der Waals surface area contributed by atoms with Crippen LogP contribution >= 0.6 is 22.9 Å². The van der Waals surface area contributed by atoms with Gasteiger partial charge in [-0.1, -0.05) is 44.5 Å². The van der Waals surface area contributed by atoms with Gasteiger partial charge in [-0.05, 0) is 29.7 Å². The zero-order valence-electron chi connectivity index (χ0n) is 10.7. The van der Waals surface area contributed by atoms with Crippen LogP contribution in [-0.4, -0.2) is 5.78 Å². The molecule has 0 aliphatic rings. The van der Waals surface area contributed by atoms with E-state index in [4.69, 9.17) is 11.6 Å². The Bertz CT molecular complexity index is 578. The second-order valence-corrected chi connectivity index (χ2v) is 6.71. The quantitative estimate of drug-likeness (QED) is 0.712. The Kier molecular flexibility index (Phi) is 3.60. The van der Waals surface area contributed by atoms with Crippen LogP contribution in [0.15, 0.2) is 36.4 Å². The lowest BCUT2D eigenvalue weighted by molar-refractivity contribution is 0.104. The minimum absolute atomic E-state index is 0.00102. The summed E-state index contributed by atoms with van der Waals surface area (Å²) in [6.45, 7) is 6.42. The van der Waals surface area contributed by atoms with E-state index in [1.54, 1.807) is 23.5 Å². The monoisotopic (exact) mass is 278 g/mol. The maximum absolute atomic E-state index is 12.3. The van der Waals surface area contributed by atoms with Crippen molar-refractivity contribution in [1.29, 1.82) is 0 Å². The molecule has 3 heteroatoms. The average Bonchev–Trinajstić information content (AvgIpc) is 2.77. The van der Waals surface area contributed by atoms with Crippen LogP contribution in [-0.2, 0) is 5.41 Å². The Morgan fingerprint density at radius 2 is 1.78 bits per heavy atom. The number of carbonyl (C=O) groups is 1. The highest BCUT2D eigenvalue weighted by Crippen LogP contribution is 2.31. The second kappa shape index (κ2) is 4.87. The van der Waals surface area contributed by atoms with E-state index < -0.39 is 0 Å². The Hall–Kier alpha value is -1.12. The normalized spacial score (nSPS) is 11.6. The molecule has 0 amide bonds. The largest absolute Gasteiger partial charge is 0.288 e. The van der Waals surface area contributed by atoms with Crippen LogP contribution in [0.3, 0.4) is 0 Å². The zero-order valence-corrected chi connectivity index (χ0v) is 12.2. The zero-order chi connectivity index (χ0) is 13.3. The lowest BCUT2D eigenvalue weighted by Crippen LogP contribution is -2.08. The fraction of sp³-hybridized carbons (Fsp3) is 0.267. The van der Waals surface area contributed by atoms with E-state index in [2.05, 4.69) is 20.8 Å². The van der Waals surface area contributed by atoms with E-state index in [9.17, 15) is 4.79 Å². The molecule has 0 radical (unpaired) electrons. The molecule has 0 spiro atoms. The first-order valence-corrected chi connectivity index (χ1v) is 6.98. The first kappa shape index (κ1) is 13.3. The van der Waals surface area contributed by atoms with Crippen LogP contribution < -0.4 is 0 Å². The van der Waals surface area contributed by atoms with Crippen LogP contribution in [0.4, 0.5) is 0 Å². The Morgan fingerprint density at radius 3 is 2.33 bits per heavy atom. The number of halogens is 1. The first-order chi connectivity index (χ1) is 8.39. The van der Waals surface area contributed by atoms with E-state index >= 15 is 0 Å². The first-order valence-electron chi connectivity index (χ1n) is 5.79. The number of hydrogen-bond acceptors (Lipinski definition) is 2. The van der Waals surface area contributed by atoms with Crippen molar-refractivity contribution in [3.63, 3.8) is 0 Å². The molecule has 2 rings (SSSR count). The van der Waals surface area contributed by atoms with E-state index in [0.29, 0.717) is 10.6 Å². The minimum atomic E-state index is 0.00102. The van der Waals surface area contributed by atoms with Gasteiger partial charge in [0.15, 0.2) is 0 Å². The van der Waals surface area contributed by atoms with Gasteiger partial charge in [0.25, 0.3) is 0 Å². The van der Waals surface area contributed by atoms with Gasteiger partial charge in [-0.25, -0.2) is 0 Å². The third-order valence-corrected chi connectivity index (χ3v) is 4.53. The fourth-order valence-corrected chi connectivity index (χ4v) is 2.88. The molecule has 94 valence electrons. The van der Waals surface area contributed by atoms with E-state index in [1.165, 1.54) is 4.88 Å². The summed E-state index contributed by atoms with van der Waals surface area (Å²) >= 11 is 7.59. The summed E-state index contributed by atoms with van der Waals surface area (Å²) < 4.78 is 0. The standard InChI is InChI=1S/C15H15ClOS/c1-15(2,3)13-9-8-12(18-13)14(17)10-6-4-5-7-11(10)16/h4-9H,1-3H3. The highest BCUT2D eigenvalue weighted by atomic mass is 35.5. The third-order valence-electron chi connectivity index (χ3n) is 2.69. The third kappa shape index (κ3) is 2.65. The molecule has 0 atom stereocenters. The summed E-state index contributed by atoms with van der Waals surface area (Å²) in [7, 11) is 0. The van der Waals surface area contributed by atoms with Crippen LogP contribution in [0.25, 0.3) is 0 Å². The van der Waals surface area contributed by atoms with Gasteiger partial charge >= 0.3 is 0 Å². The molecule has 2 aromatic rings. The Labute approximate surface area is 116 Å². The maximum atomic E-state index is 12.3. The van der Waals surface area contributed by atoms with Crippen molar-refractivity contribution < 1.29 is 4.79 Å². The molecule has 0 aliphatic carbocycles. The number of benzene rings is 1. The van der Waals surface area contributed by atoms with E-state index in [1.807, 2.05) is 24.3 Å². The van der Waals surface area contributed by atoms with Crippen LogP contribution in [0.1, 0.15) is 40.9 Å². The van der Waals surface area contributed by atoms with Crippen molar-refractivity contribution in [1.82, 2.24) is 0 Å². The summed E-state index contributed by atoms with van der Waals surface area (Å²) in [5, 5.41) is 0.508. The molecule has 18 heavy (non-hydrogen) atoms. The topological polar surface area (TPSA) is 17.1 Å². The molecule has 1 heterocycles. The molecule has 0 bridgehead atoms. The molecular formula is C15H15ClOS. The van der Waals surface area contributed by atoms with Crippen molar-refractivity contribution in [3.05, 3.63) is 56.7 Å². The van der Waals surface area contributed by atoms with Crippen molar-refractivity contribution >= 4 is 28.7 Å². The molecule has 0 unspecified atom stereocenters. The second-order valence-electron chi connectivity index (χ2n) is 5.22. The average molecular weight is 279 g/mol. The molecule has 0 N–H and O–H groups in total. The number of carbonyl (C=O) groups excluding carboxylic acids is 1. The highest BCUT2D eigenvalue weighted by Gasteiger charge is 2.20. The predicted molar refractivity (Wildman–Crippen MR) is 77.9 cm³/mol. The van der Waals surface area contributed by atoms with Gasteiger partial charge in [-0.15, -0.1) is 11.3 Å². The fourth-order valence-electron chi connectivity index (χ4n) is 1.64. The van der Waals surface area contributed by atoms with Gasteiger partial charge in [-0.2, -0.15) is 0 Å². The van der Waals surface area contributed by atoms with Gasteiger partial charge in [0.1, 0.15) is 0 Å². The van der Waals surface area contributed by atoms with E-state index in [-0.39, 0.29) is 11.2 Å². The summed E-state index contributed by atoms with van der Waals surface area (Å²) in [5.74, 6) is 0.00102. The van der Waals surface area contributed by atoms with Crippen molar-refractivity contribution in [2.75, 3.05) is 0 Å². The summed E-state index contributed by atoms with van der Waals surface area (Å²) in [5.41, 5.74) is 0.644. The smallest absolute Gasteiger partial charge is 0.204 e. The van der Waals surface area contributed by atoms with Crippen molar-refractivity contribution in [2.24, 2.45) is 0 Å². The van der Waals surface area contributed by atoms with Crippen LogP contribution in [0.2, 0.25) is 5.02 Å². The van der Waals surface area contributed by atoms with Crippen LogP contribution in [0, 0.1) is 0 Å². The molecule has 1 aromatic carbocycles. The molecule has 0 aliphatic heterocycles. The number of ketones is 1. The van der Waals surface area contributed by atoms with Crippen molar-refractivity contribution in [3.8, 4) is 0 Å². The van der Waals surface area contributed by atoms with Gasteiger partial charge in [-0.3, -0.25) is 4.79 Å². The van der Waals surface area contributed by atoms with E-state index in [0.717, 1.165) is 4.88 Å². The maximum Gasteiger partial charge on any atom is 0.204 e. The number of hydrogen-bond donors (Lipinski definition) is 0. The summed E-state index contributed by atoms with van der Waals surface area (Å²) in [4.78, 5) is 14.3. The Balaban J connectivity index is 2.36. The highest BCUT2D eigenvalue weighted by molar-refractivity contribution is 7.14. The lowest BCUT2D eigenvalue weighted by atomic mass is 9.95. The molecule has 1 aromatic heterocycles. The number of rotatable bonds is 2. The number of thiophene rings is 1. The SMILES string of the molecule is CC(C)(C)c1ccc(C(=O)c2ccccc2Cl)s1. The molecule has 0 saturated heterocycles. The summed E-state index contributed by atoms with van der Waals surface area (Å²) in [6, 6.07) is 11.1. The molecule has 1 nitrogen and oxygen atoms in total. The minimum Gasteiger partial charge on any atom is -0.288 e. The van der Waals surface area contributed by atoms with Crippen molar-refractivity contribution in [2.45, 2.75) is 26.2 Å². The molecular weight excluding hydrogens is 264 g/mol.